The molecule has 2 aromatic rings. The first kappa shape index (κ1) is 19.4. The van der Waals surface area contributed by atoms with Crippen LogP contribution in [0, 0.1) is 6.92 Å². The van der Waals surface area contributed by atoms with Gasteiger partial charge in [0.25, 0.3) is 11.8 Å². The Kier molecular flexibility index (Phi) is 5.76. The maximum atomic E-state index is 13.0. The van der Waals surface area contributed by atoms with Gasteiger partial charge in [-0.1, -0.05) is 6.07 Å². The molecular weight excluding hydrogens is 368 g/mol. The number of aryl methyl sites for hydroxylation is 1. The summed E-state index contributed by atoms with van der Waals surface area (Å²) in [6, 6.07) is 9.03. The molecule has 0 saturated carbocycles. The zero-order valence-electron chi connectivity index (χ0n) is 16.7. The number of carbonyl (C=O) groups is 2. The second-order valence-corrected chi connectivity index (χ2v) is 7.46. The van der Waals surface area contributed by atoms with Crippen molar-refractivity contribution in [1.82, 2.24) is 9.88 Å². The van der Waals surface area contributed by atoms with Crippen molar-refractivity contribution in [1.29, 1.82) is 0 Å². The van der Waals surface area contributed by atoms with Gasteiger partial charge in [0.05, 0.1) is 18.8 Å². The number of morpholine rings is 1. The lowest BCUT2D eigenvalue weighted by atomic mass is 10.1. The molecule has 2 aliphatic heterocycles. The maximum absolute atomic E-state index is 13.0. The van der Waals surface area contributed by atoms with Crippen LogP contribution in [0.4, 0.5) is 11.5 Å². The fraction of sp³-hybridized carbons (Fsp3) is 0.409. The van der Waals surface area contributed by atoms with E-state index in [1.165, 1.54) is 0 Å². The van der Waals surface area contributed by atoms with Crippen molar-refractivity contribution >= 4 is 23.3 Å². The normalized spacial score (nSPS) is 16.7. The molecule has 1 aromatic heterocycles. The van der Waals surface area contributed by atoms with Gasteiger partial charge in [-0.25, -0.2) is 4.98 Å². The van der Waals surface area contributed by atoms with Gasteiger partial charge in [0, 0.05) is 43.6 Å². The Bertz CT molecular complexity index is 903. The van der Waals surface area contributed by atoms with E-state index in [0.29, 0.717) is 43.1 Å². The van der Waals surface area contributed by atoms with Crippen LogP contribution in [0.15, 0.2) is 36.5 Å². The number of rotatable bonds is 4. The van der Waals surface area contributed by atoms with E-state index < -0.39 is 0 Å². The third-order valence-corrected chi connectivity index (χ3v) is 5.46. The molecule has 2 saturated heterocycles. The van der Waals surface area contributed by atoms with E-state index in [1.807, 2.05) is 19.1 Å². The Morgan fingerprint density at radius 3 is 2.55 bits per heavy atom. The van der Waals surface area contributed by atoms with Gasteiger partial charge < -0.3 is 19.9 Å². The minimum absolute atomic E-state index is 0.0268. The number of nitrogens with zero attached hydrogens (tertiary/aromatic N) is 3. The topological polar surface area (TPSA) is 74.8 Å². The number of benzene rings is 1. The van der Waals surface area contributed by atoms with Crippen LogP contribution in [0.25, 0.3) is 0 Å². The van der Waals surface area contributed by atoms with Crippen molar-refractivity contribution in [3.8, 4) is 0 Å². The van der Waals surface area contributed by atoms with Crippen LogP contribution in [0.1, 0.15) is 39.1 Å². The van der Waals surface area contributed by atoms with Crippen molar-refractivity contribution in [2.45, 2.75) is 19.8 Å². The molecule has 0 bridgehead atoms. The predicted octanol–water partition coefficient (Wildman–Crippen LogP) is 2.71. The highest BCUT2D eigenvalue weighted by atomic mass is 16.5. The van der Waals surface area contributed by atoms with Crippen LogP contribution >= 0.6 is 0 Å². The van der Waals surface area contributed by atoms with Crippen molar-refractivity contribution in [3.63, 3.8) is 0 Å². The molecule has 2 aliphatic rings. The number of ether oxygens (including phenoxy) is 1. The predicted molar refractivity (Wildman–Crippen MR) is 112 cm³/mol. The smallest absolute Gasteiger partial charge is 0.259 e. The highest BCUT2D eigenvalue weighted by molar-refractivity contribution is 6.08. The number of carbonyl (C=O) groups excluding carboxylic acids is 2. The molecule has 7 nitrogen and oxygen atoms in total. The summed E-state index contributed by atoms with van der Waals surface area (Å²) in [5.41, 5.74) is 2.65. The molecule has 1 aromatic carbocycles. The number of hydrogen-bond acceptors (Lipinski definition) is 5. The summed E-state index contributed by atoms with van der Waals surface area (Å²) in [6.45, 7) is 6.03. The van der Waals surface area contributed by atoms with Gasteiger partial charge in [-0.2, -0.15) is 0 Å². The first-order valence-corrected chi connectivity index (χ1v) is 10.1. The standard InChI is InChI=1S/C22H26N4O3/c1-16-6-7-17(15-19(16)22(28)26-11-13-29-14-12-26)24-21(27)18-5-4-8-23-20(18)25-9-2-3-10-25/h4-8,15H,2-3,9-14H2,1H3,(H,24,27). The van der Waals surface area contributed by atoms with Crippen LogP contribution in [-0.2, 0) is 4.74 Å². The fourth-order valence-electron chi connectivity index (χ4n) is 3.82. The summed E-state index contributed by atoms with van der Waals surface area (Å²) in [5.74, 6) is 0.480. The summed E-state index contributed by atoms with van der Waals surface area (Å²) in [5, 5.41) is 2.95. The number of hydrogen-bond donors (Lipinski definition) is 1. The molecule has 1 N–H and O–H groups in total. The molecule has 3 heterocycles. The second kappa shape index (κ2) is 8.61. The molecule has 2 fully saturated rings. The van der Waals surface area contributed by atoms with Crippen LogP contribution in [0.3, 0.4) is 0 Å². The lowest BCUT2D eigenvalue weighted by Gasteiger charge is -2.27. The van der Waals surface area contributed by atoms with Gasteiger partial charge in [0.15, 0.2) is 0 Å². The molecule has 7 heteroatoms. The average Bonchev–Trinajstić information content (AvgIpc) is 3.30. The quantitative estimate of drug-likeness (QED) is 0.863. The highest BCUT2D eigenvalue weighted by Crippen LogP contribution is 2.24. The first-order chi connectivity index (χ1) is 14.1. The Labute approximate surface area is 170 Å². The van der Waals surface area contributed by atoms with E-state index in [9.17, 15) is 9.59 Å². The molecule has 152 valence electrons. The third-order valence-electron chi connectivity index (χ3n) is 5.46. The molecule has 0 atom stereocenters. The second-order valence-electron chi connectivity index (χ2n) is 7.46. The Balaban J connectivity index is 1.54. The molecule has 0 radical (unpaired) electrons. The molecule has 29 heavy (non-hydrogen) atoms. The first-order valence-electron chi connectivity index (χ1n) is 10.1. The van der Waals surface area contributed by atoms with E-state index >= 15 is 0 Å². The average molecular weight is 394 g/mol. The monoisotopic (exact) mass is 394 g/mol. The number of pyridine rings is 1. The molecule has 0 unspecified atom stereocenters. The van der Waals surface area contributed by atoms with E-state index in [1.54, 1.807) is 29.3 Å². The van der Waals surface area contributed by atoms with E-state index in [-0.39, 0.29) is 11.8 Å². The Hall–Kier alpha value is -2.93. The minimum atomic E-state index is -0.214. The molecule has 4 rings (SSSR count). The molecule has 0 aliphatic carbocycles. The molecular formula is C22H26N4O3. The van der Waals surface area contributed by atoms with Crippen LogP contribution in [0.5, 0.6) is 0 Å². The summed E-state index contributed by atoms with van der Waals surface area (Å²) in [6.07, 6.45) is 3.95. The Morgan fingerprint density at radius 2 is 1.79 bits per heavy atom. The molecule has 2 amide bonds. The van der Waals surface area contributed by atoms with Gasteiger partial charge >= 0.3 is 0 Å². The zero-order chi connectivity index (χ0) is 20.2. The van der Waals surface area contributed by atoms with Crippen molar-refractivity contribution in [3.05, 3.63) is 53.2 Å². The van der Waals surface area contributed by atoms with E-state index in [2.05, 4.69) is 15.2 Å². The third kappa shape index (κ3) is 4.24. The van der Waals surface area contributed by atoms with E-state index in [0.717, 1.165) is 37.3 Å². The van der Waals surface area contributed by atoms with Crippen molar-refractivity contribution in [2.75, 3.05) is 49.6 Å². The van der Waals surface area contributed by atoms with Crippen molar-refractivity contribution in [2.24, 2.45) is 0 Å². The Morgan fingerprint density at radius 1 is 1.03 bits per heavy atom. The SMILES string of the molecule is Cc1ccc(NC(=O)c2cccnc2N2CCCC2)cc1C(=O)N1CCOCC1. The maximum Gasteiger partial charge on any atom is 0.259 e. The van der Waals surface area contributed by atoms with Crippen LogP contribution in [0.2, 0.25) is 0 Å². The van der Waals surface area contributed by atoms with Gasteiger partial charge in [-0.15, -0.1) is 0 Å². The van der Waals surface area contributed by atoms with Gasteiger partial charge in [-0.05, 0) is 49.6 Å². The number of nitrogens with one attached hydrogen (secondary N) is 1. The lowest BCUT2D eigenvalue weighted by molar-refractivity contribution is 0.0302. The van der Waals surface area contributed by atoms with Gasteiger partial charge in [0.2, 0.25) is 0 Å². The summed E-state index contributed by atoms with van der Waals surface area (Å²) in [7, 11) is 0. The van der Waals surface area contributed by atoms with E-state index in [4.69, 9.17) is 4.74 Å². The summed E-state index contributed by atoms with van der Waals surface area (Å²) < 4.78 is 5.33. The van der Waals surface area contributed by atoms with Gasteiger partial charge in [-0.3, -0.25) is 9.59 Å². The number of anilines is 2. The van der Waals surface area contributed by atoms with Crippen molar-refractivity contribution < 1.29 is 14.3 Å². The van der Waals surface area contributed by atoms with Crippen LogP contribution < -0.4 is 10.2 Å². The number of amides is 2. The molecule has 0 spiro atoms. The van der Waals surface area contributed by atoms with Gasteiger partial charge in [0.1, 0.15) is 5.82 Å². The zero-order valence-corrected chi connectivity index (χ0v) is 16.7. The summed E-state index contributed by atoms with van der Waals surface area (Å²) >= 11 is 0. The highest BCUT2D eigenvalue weighted by Gasteiger charge is 2.23. The fourth-order valence-corrected chi connectivity index (χ4v) is 3.82. The largest absolute Gasteiger partial charge is 0.378 e. The minimum Gasteiger partial charge on any atom is -0.378 e. The van der Waals surface area contributed by atoms with Crippen LogP contribution in [-0.4, -0.2) is 61.1 Å². The number of aromatic nitrogens is 1. The lowest BCUT2D eigenvalue weighted by Crippen LogP contribution is -2.41. The summed E-state index contributed by atoms with van der Waals surface area (Å²) in [4.78, 5) is 34.3.